The summed E-state index contributed by atoms with van der Waals surface area (Å²) in [5, 5.41) is 14.4. The Morgan fingerprint density at radius 3 is 2.62 bits per heavy atom. The molecule has 1 heterocycles. The number of hydrogen-bond acceptors (Lipinski definition) is 4. The number of halogens is 2. The Kier molecular flexibility index (Phi) is 5.30. The second-order valence-electron chi connectivity index (χ2n) is 5.51. The SMILES string of the molecule is C[C@@](O)(CNC(=O)C(=O)Nc1ccc(F)cc1F)Cc1ccco1. The van der Waals surface area contributed by atoms with Gasteiger partial charge in [-0.2, -0.15) is 0 Å². The fourth-order valence-corrected chi connectivity index (χ4v) is 1.97. The van der Waals surface area contributed by atoms with Crippen molar-refractivity contribution in [2.24, 2.45) is 0 Å². The van der Waals surface area contributed by atoms with E-state index in [4.69, 9.17) is 4.42 Å². The van der Waals surface area contributed by atoms with Crippen molar-refractivity contribution in [3.63, 3.8) is 0 Å². The first-order chi connectivity index (χ1) is 11.3. The van der Waals surface area contributed by atoms with Gasteiger partial charge in [0.25, 0.3) is 0 Å². The number of anilines is 1. The van der Waals surface area contributed by atoms with E-state index in [0.29, 0.717) is 11.8 Å². The molecule has 0 unspecified atom stereocenters. The summed E-state index contributed by atoms with van der Waals surface area (Å²) in [5.41, 5.74) is -1.66. The fraction of sp³-hybridized carbons (Fsp3) is 0.250. The zero-order chi connectivity index (χ0) is 17.7. The number of carbonyl (C=O) groups is 2. The van der Waals surface area contributed by atoms with Crippen LogP contribution in [-0.4, -0.2) is 29.1 Å². The average molecular weight is 338 g/mol. The van der Waals surface area contributed by atoms with Gasteiger partial charge in [0.15, 0.2) is 0 Å². The number of nitrogens with one attached hydrogen (secondary N) is 2. The highest BCUT2D eigenvalue weighted by Crippen LogP contribution is 2.15. The molecule has 1 atom stereocenters. The summed E-state index contributed by atoms with van der Waals surface area (Å²) in [6, 6.07) is 5.87. The lowest BCUT2D eigenvalue weighted by Gasteiger charge is -2.22. The first-order valence-corrected chi connectivity index (χ1v) is 7.06. The van der Waals surface area contributed by atoms with Crippen LogP contribution >= 0.6 is 0 Å². The van der Waals surface area contributed by atoms with Crippen LogP contribution in [0.25, 0.3) is 0 Å². The molecule has 2 aromatic rings. The Labute approximate surface area is 136 Å². The molecular weight excluding hydrogens is 322 g/mol. The predicted octanol–water partition coefficient (Wildman–Crippen LogP) is 1.61. The molecular formula is C16H16F2N2O4. The molecule has 0 bridgehead atoms. The molecule has 0 saturated heterocycles. The Bertz CT molecular complexity index is 730. The van der Waals surface area contributed by atoms with Crippen molar-refractivity contribution in [3.8, 4) is 0 Å². The summed E-state index contributed by atoms with van der Waals surface area (Å²) in [6.45, 7) is 1.25. The van der Waals surface area contributed by atoms with Crippen molar-refractivity contribution in [1.29, 1.82) is 0 Å². The molecule has 0 fully saturated rings. The molecule has 0 saturated carbocycles. The van der Waals surface area contributed by atoms with Gasteiger partial charge < -0.3 is 20.2 Å². The zero-order valence-electron chi connectivity index (χ0n) is 12.8. The van der Waals surface area contributed by atoms with Crippen molar-refractivity contribution in [1.82, 2.24) is 5.32 Å². The maximum absolute atomic E-state index is 13.4. The summed E-state index contributed by atoms with van der Waals surface area (Å²) in [6.07, 6.45) is 1.59. The normalized spacial score (nSPS) is 13.2. The van der Waals surface area contributed by atoms with Gasteiger partial charge in [0, 0.05) is 19.0 Å². The van der Waals surface area contributed by atoms with Crippen LogP contribution in [0.15, 0.2) is 41.0 Å². The third kappa shape index (κ3) is 4.88. The maximum atomic E-state index is 13.4. The van der Waals surface area contributed by atoms with Gasteiger partial charge in [-0.05, 0) is 31.2 Å². The highest BCUT2D eigenvalue weighted by atomic mass is 19.1. The van der Waals surface area contributed by atoms with Crippen LogP contribution in [0.2, 0.25) is 0 Å². The molecule has 2 amide bonds. The summed E-state index contributed by atoms with van der Waals surface area (Å²) >= 11 is 0. The highest BCUT2D eigenvalue weighted by Gasteiger charge is 2.25. The largest absolute Gasteiger partial charge is 0.469 e. The van der Waals surface area contributed by atoms with Gasteiger partial charge in [-0.1, -0.05) is 0 Å². The van der Waals surface area contributed by atoms with Crippen LogP contribution in [0.1, 0.15) is 12.7 Å². The molecule has 2 rings (SSSR count). The van der Waals surface area contributed by atoms with E-state index in [1.165, 1.54) is 13.2 Å². The fourth-order valence-electron chi connectivity index (χ4n) is 1.97. The average Bonchev–Trinajstić information content (AvgIpc) is 2.99. The summed E-state index contributed by atoms with van der Waals surface area (Å²) in [7, 11) is 0. The Morgan fingerprint density at radius 2 is 2.00 bits per heavy atom. The Balaban J connectivity index is 1.88. The number of rotatable bonds is 5. The monoisotopic (exact) mass is 338 g/mol. The van der Waals surface area contributed by atoms with E-state index in [0.717, 1.165) is 12.1 Å². The number of aliphatic hydroxyl groups is 1. The standard InChI is InChI=1S/C16H16F2N2O4/c1-16(23,8-11-3-2-6-24-11)9-19-14(21)15(22)20-13-5-4-10(17)7-12(13)18/h2-7,23H,8-9H2,1H3,(H,19,21)(H,20,22)/t16-/m0/s1. The van der Waals surface area contributed by atoms with Gasteiger partial charge in [-0.3, -0.25) is 9.59 Å². The van der Waals surface area contributed by atoms with E-state index >= 15 is 0 Å². The van der Waals surface area contributed by atoms with Gasteiger partial charge in [-0.25, -0.2) is 8.78 Å². The van der Waals surface area contributed by atoms with E-state index in [-0.39, 0.29) is 18.7 Å². The summed E-state index contributed by atoms with van der Waals surface area (Å²) < 4.78 is 31.3. The van der Waals surface area contributed by atoms with Crippen LogP contribution in [0.4, 0.5) is 14.5 Å². The second-order valence-corrected chi connectivity index (χ2v) is 5.51. The van der Waals surface area contributed by atoms with Crippen molar-refractivity contribution in [2.75, 3.05) is 11.9 Å². The molecule has 1 aromatic carbocycles. The summed E-state index contributed by atoms with van der Waals surface area (Å²) in [4.78, 5) is 23.4. The van der Waals surface area contributed by atoms with Crippen LogP contribution in [0, 0.1) is 11.6 Å². The van der Waals surface area contributed by atoms with Gasteiger partial charge in [0.1, 0.15) is 17.4 Å². The van der Waals surface area contributed by atoms with Crippen molar-refractivity contribution < 1.29 is 27.9 Å². The molecule has 0 radical (unpaired) electrons. The van der Waals surface area contributed by atoms with Crippen LogP contribution in [0.5, 0.6) is 0 Å². The minimum Gasteiger partial charge on any atom is -0.469 e. The van der Waals surface area contributed by atoms with Gasteiger partial charge in [0.2, 0.25) is 0 Å². The van der Waals surface area contributed by atoms with Crippen molar-refractivity contribution in [2.45, 2.75) is 18.9 Å². The van der Waals surface area contributed by atoms with Gasteiger partial charge >= 0.3 is 11.8 Å². The molecule has 0 aliphatic rings. The van der Waals surface area contributed by atoms with Gasteiger partial charge in [0.05, 0.1) is 17.6 Å². The van der Waals surface area contributed by atoms with Gasteiger partial charge in [-0.15, -0.1) is 0 Å². The third-order valence-corrected chi connectivity index (χ3v) is 3.15. The molecule has 0 spiro atoms. The number of hydrogen-bond donors (Lipinski definition) is 3. The third-order valence-electron chi connectivity index (χ3n) is 3.15. The van der Waals surface area contributed by atoms with Crippen molar-refractivity contribution >= 4 is 17.5 Å². The first-order valence-electron chi connectivity index (χ1n) is 7.06. The molecule has 1 aromatic heterocycles. The molecule has 24 heavy (non-hydrogen) atoms. The van der Waals surface area contributed by atoms with Crippen LogP contribution in [0.3, 0.4) is 0 Å². The zero-order valence-corrected chi connectivity index (χ0v) is 12.8. The number of carbonyl (C=O) groups excluding carboxylic acids is 2. The topological polar surface area (TPSA) is 91.6 Å². The minimum atomic E-state index is -1.34. The van der Waals surface area contributed by atoms with E-state index in [1.54, 1.807) is 12.1 Å². The quantitative estimate of drug-likeness (QED) is 0.722. The second kappa shape index (κ2) is 7.22. The molecule has 0 aliphatic heterocycles. The maximum Gasteiger partial charge on any atom is 0.313 e. The van der Waals surface area contributed by atoms with E-state index in [9.17, 15) is 23.5 Å². The smallest absolute Gasteiger partial charge is 0.313 e. The molecule has 6 nitrogen and oxygen atoms in total. The number of furan rings is 1. The molecule has 0 aliphatic carbocycles. The lowest BCUT2D eigenvalue weighted by atomic mass is 10.0. The van der Waals surface area contributed by atoms with Crippen LogP contribution < -0.4 is 10.6 Å². The van der Waals surface area contributed by atoms with E-state index < -0.39 is 29.0 Å². The van der Waals surface area contributed by atoms with E-state index in [1.807, 2.05) is 5.32 Å². The summed E-state index contributed by atoms with van der Waals surface area (Å²) in [5.74, 6) is -3.47. The lowest BCUT2D eigenvalue weighted by Crippen LogP contribution is -2.45. The molecule has 8 heteroatoms. The number of benzene rings is 1. The Morgan fingerprint density at radius 1 is 1.25 bits per heavy atom. The molecule has 128 valence electrons. The van der Waals surface area contributed by atoms with E-state index in [2.05, 4.69) is 5.32 Å². The Hall–Kier alpha value is -2.74. The molecule has 3 N–H and O–H groups in total. The minimum absolute atomic E-state index is 0.133. The first kappa shape index (κ1) is 17.6. The highest BCUT2D eigenvalue weighted by molar-refractivity contribution is 6.39. The predicted molar refractivity (Wildman–Crippen MR) is 81.0 cm³/mol. The van der Waals surface area contributed by atoms with Crippen LogP contribution in [-0.2, 0) is 16.0 Å². The lowest BCUT2D eigenvalue weighted by molar-refractivity contribution is -0.136. The number of amides is 2. The van der Waals surface area contributed by atoms with Crippen molar-refractivity contribution in [3.05, 3.63) is 54.0 Å².